The van der Waals surface area contributed by atoms with E-state index in [0.717, 1.165) is 10.7 Å². The Kier molecular flexibility index (Phi) is 4.00. The number of carbonyl (C=O) groups is 1. The smallest absolute Gasteiger partial charge is 0.329 e. The van der Waals surface area contributed by atoms with Gasteiger partial charge in [0, 0.05) is 5.38 Å². The summed E-state index contributed by atoms with van der Waals surface area (Å²) in [5.41, 5.74) is 0.885. The normalized spacial score (nSPS) is 10.7. The van der Waals surface area contributed by atoms with Crippen LogP contribution >= 0.6 is 11.3 Å². The number of hydrogen-bond donors (Lipinski definition) is 1. The molecule has 2 aromatic rings. The maximum Gasteiger partial charge on any atom is 0.329 e. The zero-order chi connectivity index (χ0) is 13.0. The predicted molar refractivity (Wildman–Crippen MR) is 61.2 cm³/mol. The first-order valence-electron chi connectivity index (χ1n) is 5.15. The summed E-state index contributed by atoms with van der Waals surface area (Å²) in [6, 6.07) is 0. The van der Waals surface area contributed by atoms with E-state index in [1.165, 1.54) is 0 Å². The third kappa shape index (κ3) is 3.60. The van der Waals surface area contributed by atoms with Gasteiger partial charge in [0.05, 0.1) is 17.1 Å². The molecule has 0 unspecified atom stereocenters. The van der Waals surface area contributed by atoms with Gasteiger partial charge in [-0.2, -0.15) is 4.98 Å². The number of carboxylic acids is 1. The summed E-state index contributed by atoms with van der Waals surface area (Å²) < 4.78 is 9.76. The first-order chi connectivity index (χ1) is 8.63. The molecule has 0 spiro atoms. The molecule has 2 rings (SSSR count). The van der Waals surface area contributed by atoms with Gasteiger partial charge < -0.3 is 14.4 Å². The van der Waals surface area contributed by atoms with Crippen molar-refractivity contribution in [2.45, 2.75) is 20.0 Å². The number of carboxylic acid groups (broad SMARTS) is 1. The minimum absolute atomic E-state index is 0.00457. The van der Waals surface area contributed by atoms with Gasteiger partial charge in [-0.3, -0.25) is 0 Å². The van der Waals surface area contributed by atoms with Crippen LogP contribution in [0.5, 0.6) is 0 Å². The highest BCUT2D eigenvalue weighted by Gasteiger charge is 2.09. The van der Waals surface area contributed by atoms with Crippen molar-refractivity contribution in [2.75, 3.05) is 6.61 Å². The standard InChI is InChI=1S/C10H11N3O4S/c1-6-11-7(5-18-6)2-8-12-9(17-13-8)3-16-4-10(14)15/h5H,2-4H2,1H3,(H,14,15). The number of nitrogens with zero attached hydrogens (tertiary/aromatic N) is 3. The summed E-state index contributed by atoms with van der Waals surface area (Å²) in [6.45, 7) is 1.54. The summed E-state index contributed by atoms with van der Waals surface area (Å²) >= 11 is 1.56. The minimum Gasteiger partial charge on any atom is -0.480 e. The largest absolute Gasteiger partial charge is 0.480 e. The third-order valence-electron chi connectivity index (χ3n) is 1.97. The van der Waals surface area contributed by atoms with Crippen molar-refractivity contribution < 1.29 is 19.2 Å². The van der Waals surface area contributed by atoms with E-state index in [0.29, 0.717) is 12.2 Å². The Hall–Kier alpha value is -1.80. The van der Waals surface area contributed by atoms with Crippen LogP contribution in [0.1, 0.15) is 22.4 Å². The third-order valence-corrected chi connectivity index (χ3v) is 2.79. The van der Waals surface area contributed by atoms with Crippen LogP contribution in [0.15, 0.2) is 9.90 Å². The molecule has 2 heterocycles. The lowest BCUT2D eigenvalue weighted by Crippen LogP contribution is -2.06. The van der Waals surface area contributed by atoms with Crippen molar-refractivity contribution in [1.82, 2.24) is 15.1 Å². The van der Waals surface area contributed by atoms with Crippen molar-refractivity contribution >= 4 is 17.3 Å². The fraction of sp³-hybridized carbons (Fsp3) is 0.400. The fourth-order valence-corrected chi connectivity index (χ4v) is 1.91. The molecule has 0 aliphatic carbocycles. The molecule has 0 aromatic carbocycles. The van der Waals surface area contributed by atoms with Crippen LogP contribution < -0.4 is 0 Å². The SMILES string of the molecule is Cc1nc(Cc2noc(COCC(=O)O)n2)cs1. The highest BCUT2D eigenvalue weighted by Crippen LogP contribution is 2.11. The molecule has 18 heavy (non-hydrogen) atoms. The second-order valence-electron chi connectivity index (χ2n) is 3.53. The van der Waals surface area contributed by atoms with E-state index in [4.69, 9.17) is 14.4 Å². The topological polar surface area (TPSA) is 98.3 Å². The Balaban J connectivity index is 1.88. The number of aliphatic carboxylic acids is 1. The monoisotopic (exact) mass is 269 g/mol. The van der Waals surface area contributed by atoms with Crippen LogP contribution in [0, 0.1) is 6.92 Å². The molecule has 0 saturated carbocycles. The van der Waals surface area contributed by atoms with E-state index in [2.05, 4.69) is 15.1 Å². The number of hydrogen-bond acceptors (Lipinski definition) is 7. The lowest BCUT2D eigenvalue weighted by molar-refractivity contribution is -0.142. The average molecular weight is 269 g/mol. The lowest BCUT2D eigenvalue weighted by Gasteiger charge is -1.94. The number of ether oxygens (including phenoxy) is 1. The lowest BCUT2D eigenvalue weighted by atomic mass is 10.3. The summed E-state index contributed by atoms with van der Waals surface area (Å²) in [5, 5.41) is 15.1. The van der Waals surface area contributed by atoms with E-state index in [9.17, 15) is 4.79 Å². The van der Waals surface area contributed by atoms with Crippen molar-refractivity contribution in [2.24, 2.45) is 0 Å². The molecule has 8 heteroatoms. The molecule has 0 aliphatic rings. The van der Waals surface area contributed by atoms with E-state index in [1.807, 2.05) is 12.3 Å². The van der Waals surface area contributed by atoms with Crippen molar-refractivity contribution in [1.29, 1.82) is 0 Å². The molecular formula is C10H11N3O4S. The Bertz CT molecular complexity index is 537. The summed E-state index contributed by atoms with van der Waals surface area (Å²) in [5.74, 6) is -0.264. The Labute approximate surface area is 106 Å². The maximum absolute atomic E-state index is 10.2. The molecule has 1 N–H and O–H groups in total. The van der Waals surface area contributed by atoms with Gasteiger partial charge in [-0.05, 0) is 6.92 Å². The van der Waals surface area contributed by atoms with Gasteiger partial charge in [0.25, 0.3) is 5.89 Å². The van der Waals surface area contributed by atoms with Gasteiger partial charge in [0.2, 0.25) is 0 Å². The van der Waals surface area contributed by atoms with E-state index < -0.39 is 5.97 Å². The molecule has 0 fully saturated rings. The summed E-state index contributed by atoms with van der Waals surface area (Å²) in [7, 11) is 0. The second kappa shape index (κ2) is 5.69. The molecule has 7 nitrogen and oxygen atoms in total. The van der Waals surface area contributed by atoms with Gasteiger partial charge in [-0.25, -0.2) is 9.78 Å². The Morgan fingerprint density at radius 2 is 2.39 bits per heavy atom. The maximum atomic E-state index is 10.2. The average Bonchev–Trinajstić information content (AvgIpc) is 2.89. The molecule has 0 bridgehead atoms. The van der Waals surface area contributed by atoms with E-state index in [-0.39, 0.29) is 19.1 Å². The minimum atomic E-state index is -1.03. The van der Waals surface area contributed by atoms with Gasteiger partial charge >= 0.3 is 5.97 Å². The van der Waals surface area contributed by atoms with Crippen LogP contribution in [-0.4, -0.2) is 32.8 Å². The van der Waals surface area contributed by atoms with Gasteiger partial charge in [0.1, 0.15) is 13.2 Å². The Morgan fingerprint density at radius 1 is 1.56 bits per heavy atom. The molecular weight excluding hydrogens is 258 g/mol. The first-order valence-corrected chi connectivity index (χ1v) is 6.03. The van der Waals surface area contributed by atoms with Crippen LogP contribution in [0.25, 0.3) is 0 Å². The zero-order valence-electron chi connectivity index (χ0n) is 9.62. The van der Waals surface area contributed by atoms with Crippen LogP contribution in [-0.2, 0) is 22.6 Å². The molecule has 96 valence electrons. The zero-order valence-corrected chi connectivity index (χ0v) is 10.4. The van der Waals surface area contributed by atoms with Crippen LogP contribution in [0.3, 0.4) is 0 Å². The molecule has 0 radical (unpaired) electrons. The van der Waals surface area contributed by atoms with Gasteiger partial charge in [-0.15, -0.1) is 11.3 Å². The van der Waals surface area contributed by atoms with Crippen molar-refractivity contribution in [3.63, 3.8) is 0 Å². The molecule has 2 aromatic heterocycles. The van der Waals surface area contributed by atoms with Gasteiger partial charge in [0.15, 0.2) is 5.82 Å². The van der Waals surface area contributed by atoms with Gasteiger partial charge in [-0.1, -0.05) is 5.16 Å². The van der Waals surface area contributed by atoms with E-state index >= 15 is 0 Å². The molecule has 0 saturated heterocycles. The number of aryl methyl sites for hydroxylation is 1. The first kappa shape index (κ1) is 12.7. The number of thiazole rings is 1. The fourth-order valence-electron chi connectivity index (χ4n) is 1.30. The second-order valence-corrected chi connectivity index (χ2v) is 4.59. The summed E-state index contributed by atoms with van der Waals surface area (Å²) in [6.07, 6.45) is 0.493. The Morgan fingerprint density at radius 3 is 3.06 bits per heavy atom. The van der Waals surface area contributed by atoms with Crippen LogP contribution in [0.2, 0.25) is 0 Å². The van der Waals surface area contributed by atoms with Crippen molar-refractivity contribution in [3.8, 4) is 0 Å². The van der Waals surface area contributed by atoms with Crippen molar-refractivity contribution in [3.05, 3.63) is 27.8 Å². The molecule has 0 amide bonds. The summed E-state index contributed by atoms with van der Waals surface area (Å²) in [4.78, 5) is 18.6. The number of rotatable bonds is 6. The van der Waals surface area contributed by atoms with E-state index in [1.54, 1.807) is 11.3 Å². The highest BCUT2D eigenvalue weighted by atomic mass is 32.1. The van der Waals surface area contributed by atoms with Crippen LogP contribution in [0.4, 0.5) is 0 Å². The molecule has 0 atom stereocenters. The quantitative estimate of drug-likeness (QED) is 0.836. The highest BCUT2D eigenvalue weighted by molar-refractivity contribution is 7.09. The number of aromatic nitrogens is 3. The molecule has 0 aliphatic heterocycles. The predicted octanol–water partition coefficient (Wildman–Crippen LogP) is 1.03.